The van der Waals surface area contributed by atoms with Crippen molar-refractivity contribution >= 4 is 17.5 Å². The maximum absolute atomic E-state index is 13.3. The number of anilines is 1. The van der Waals surface area contributed by atoms with E-state index in [0.717, 1.165) is 0 Å². The molecule has 188 valence electrons. The van der Waals surface area contributed by atoms with Gasteiger partial charge in [-0.05, 0) is 55.3 Å². The number of fused-ring (bicyclic) bond motifs is 1. The monoisotopic (exact) mass is 505 g/mol. The first-order valence-electron chi connectivity index (χ1n) is 11.9. The average Bonchev–Trinajstić information content (AvgIpc) is 3.05. The number of para-hydroxylation sites is 1. The Morgan fingerprint density at radius 2 is 1.82 bits per heavy atom. The van der Waals surface area contributed by atoms with Gasteiger partial charge in [0.2, 0.25) is 5.43 Å². The zero-order valence-corrected chi connectivity index (χ0v) is 20.7. The lowest BCUT2D eigenvalue weighted by molar-refractivity contribution is -0.120. The standard InChI is InChI=1S/C29H23N5O4/c1-19-16-25(35)27(32-34(19)22-9-4-3-5-10-22)28(36)31-23-18-38-26-14-12-20(17-24(26)33(2)29(23)37)11-13-21-8-6-7-15-30-21/h3-10,12,14-17,23H,18H2,1-2H3,(H,31,36)/t23-/m0/s1. The van der Waals surface area contributed by atoms with Crippen molar-refractivity contribution in [1.82, 2.24) is 20.1 Å². The van der Waals surface area contributed by atoms with Gasteiger partial charge in [0.15, 0.2) is 5.69 Å². The number of nitrogens with one attached hydrogen (secondary N) is 1. The molecule has 0 aliphatic carbocycles. The summed E-state index contributed by atoms with van der Waals surface area (Å²) in [5.74, 6) is 5.34. The van der Waals surface area contributed by atoms with Crippen molar-refractivity contribution in [3.63, 3.8) is 0 Å². The Labute approximate surface area is 218 Å². The van der Waals surface area contributed by atoms with Gasteiger partial charge in [-0.1, -0.05) is 30.2 Å². The highest BCUT2D eigenvalue weighted by Gasteiger charge is 2.32. The number of amides is 2. The Morgan fingerprint density at radius 3 is 2.58 bits per heavy atom. The van der Waals surface area contributed by atoms with Gasteiger partial charge in [0.25, 0.3) is 11.8 Å². The molecule has 2 aromatic carbocycles. The molecule has 0 bridgehead atoms. The molecule has 9 heteroatoms. The van der Waals surface area contributed by atoms with E-state index in [1.165, 1.54) is 15.6 Å². The number of benzene rings is 2. The Balaban J connectivity index is 1.37. The maximum atomic E-state index is 13.3. The van der Waals surface area contributed by atoms with Gasteiger partial charge in [0.1, 0.15) is 24.1 Å². The summed E-state index contributed by atoms with van der Waals surface area (Å²) in [5.41, 5.74) is 2.23. The Kier molecular flexibility index (Phi) is 6.70. The predicted octanol–water partition coefficient (Wildman–Crippen LogP) is 2.49. The predicted molar refractivity (Wildman–Crippen MR) is 141 cm³/mol. The number of pyridine rings is 1. The van der Waals surface area contributed by atoms with Crippen LogP contribution in [0.4, 0.5) is 5.69 Å². The van der Waals surface area contributed by atoms with Crippen LogP contribution in [-0.4, -0.2) is 46.3 Å². The molecule has 3 heterocycles. The van der Waals surface area contributed by atoms with Crippen molar-refractivity contribution in [3.05, 3.63) is 112 Å². The van der Waals surface area contributed by atoms with Crippen LogP contribution >= 0.6 is 0 Å². The summed E-state index contributed by atoms with van der Waals surface area (Å²) in [6, 6.07) is 20.2. The summed E-state index contributed by atoms with van der Waals surface area (Å²) in [6.45, 7) is 1.62. The van der Waals surface area contributed by atoms with Crippen LogP contribution in [0.1, 0.15) is 27.4 Å². The first kappa shape index (κ1) is 24.5. The average molecular weight is 506 g/mol. The van der Waals surface area contributed by atoms with Gasteiger partial charge in [0.05, 0.1) is 11.4 Å². The lowest BCUT2D eigenvalue weighted by Gasteiger charge is -2.20. The molecule has 5 rings (SSSR count). The van der Waals surface area contributed by atoms with Crippen molar-refractivity contribution in [2.45, 2.75) is 13.0 Å². The van der Waals surface area contributed by atoms with E-state index in [0.29, 0.717) is 34.1 Å². The molecule has 2 aromatic heterocycles. The molecule has 38 heavy (non-hydrogen) atoms. The van der Waals surface area contributed by atoms with Crippen LogP contribution in [-0.2, 0) is 4.79 Å². The van der Waals surface area contributed by atoms with Gasteiger partial charge >= 0.3 is 0 Å². The minimum atomic E-state index is -1.03. The van der Waals surface area contributed by atoms with E-state index >= 15 is 0 Å². The van der Waals surface area contributed by atoms with Crippen LogP contribution in [0.25, 0.3) is 5.69 Å². The number of carbonyl (C=O) groups excluding carboxylic acids is 2. The molecule has 0 unspecified atom stereocenters. The van der Waals surface area contributed by atoms with E-state index in [1.54, 1.807) is 44.4 Å². The smallest absolute Gasteiger partial charge is 0.276 e. The summed E-state index contributed by atoms with van der Waals surface area (Å²) in [4.78, 5) is 44.6. The first-order chi connectivity index (χ1) is 18.4. The second kappa shape index (κ2) is 10.4. The number of aromatic nitrogens is 3. The second-order valence-electron chi connectivity index (χ2n) is 8.63. The quantitative estimate of drug-likeness (QED) is 0.429. The summed E-state index contributed by atoms with van der Waals surface area (Å²) in [5, 5.41) is 6.90. The van der Waals surface area contributed by atoms with Crippen LogP contribution in [0.2, 0.25) is 0 Å². The number of hydrogen-bond donors (Lipinski definition) is 1. The number of carbonyl (C=O) groups is 2. The molecular formula is C29H23N5O4. The Bertz CT molecular complexity index is 1640. The lowest BCUT2D eigenvalue weighted by atomic mass is 10.1. The fourth-order valence-electron chi connectivity index (χ4n) is 4.01. The molecule has 0 fully saturated rings. The topological polar surface area (TPSA) is 106 Å². The van der Waals surface area contributed by atoms with Crippen molar-refractivity contribution in [2.24, 2.45) is 0 Å². The number of likely N-dealkylation sites (N-methyl/N-ethyl adjacent to an activating group) is 1. The van der Waals surface area contributed by atoms with Crippen LogP contribution in [0.15, 0.2) is 83.8 Å². The Morgan fingerprint density at radius 1 is 1.03 bits per heavy atom. The molecule has 0 saturated heterocycles. The molecule has 1 atom stereocenters. The van der Waals surface area contributed by atoms with Crippen LogP contribution in [0.5, 0.6) is 5.75 Å². The molecule has 1 aliphatic rings. The normalized spacial score (nSPS) is 14.4. The van der Waals surface area contributed by atoms with Crippen molar-refractivity contribution < 1.29 is 14.3 Å². The number of ether oxygens (including phenoxy) is 1. The third-order valence-electron chi connectivity index (χ3n) is 5.98. The molecule has 0 radical (unpaired) electrons. The Hall–Kier alpha value is -5.23. The SMILES string of the molecule is Cc1cc(=O)c(C(=O)N[C@H]2COc3ccc(C#Cc4ccccn4)cc3N(C)C2=O)nn1-c1ccccc1. The number of nitrogens with zero attached hydrogens (tertiary/aromatic N) is 4. The fourth-order valence-corrected chi connectivity index (χ4v) is 4.01. The molecule has 4 aromatic rings. The van der Waals surface area contributed by atoms with E-state index in [2.05, 4.69) is 27.2 Å². The minimum absolute atomic E-state index is 0.111. The number of rotatable bonds is 3. The van der Waals surface area contributed by atoms with Gasteiger partial charge in [-0.15, -0.1) is 0 Å². The largest absolute Gasteiger partial charge is 0.489 e. The number of hydrogen-bond acceptors (Lipinski definition) is 6. The van der Waals surface area contributed by atoms with Gasteiger partial charge < -0.3 is 15.0 Å². The molecule has 0 saturated carbocycles. The maximum Gasteiger partial charge on any atom is 0.276 e. The van der Waals surface area contributed by atoms with Crippen LogP contribution in [0, 0.1) is 18.8 Å². The molecule has 1 aliphatic heterocycles. The second-order valence-corrected chi connectivity index (χ2v) is 8.63. The third-order valence-corrected chi connectivity index (χ3v) is 5.98. The summed E-state index contributed by atoms with van der Waals surface area (Å²) >= 11 is 0. The minimum Gasteiger partial charge on any atom is -0.489 e. The van der Waals surface area contributed by atoms with Crippen molar-refractivity contribution in [1.29, 1.82) is 0 Å². The van der Waals surface area contributed by atoms with E-state index < -0.39 is 23.3 Å². The van der Waals surface area contributed by atoms with E-state index in [9.17, 15) is 14.4 Å². The highest BCUT2D eigenvalue weighted by Crippen LogP contribution is 2.31. The van der Waals surface area contributed by atoms with Crippen molar-refractivity contribution in [3.8, 4) is 23.3 Å². The third kappa shape index (κ3) is 5.01. The molecule has 9 nitrogen and oxygen atoms in total. The number of aryl methyl sites for hydroxylation is 1. The van der Waals surface area contributed by atoms with Gasteiger partial charge in [-0.3, -0.25) is 14.4 Å². The van der Waals surface area contributed by atoms with Crippen LogP contribution in [0.3, 0.4) is 0 Å². The fraction of sp³-hybridized carbons (Fsp3) is 0.138. The summed E-state index contributed by atoms with van der Waals surface area (Å²) in [6.07, 6.45) is 1.67. The van der Waals surface area contributed by atoms with Gasteiger partial charge in [-0.2, -0.15) is 5.10 Å². The highest BCUT2D eigenvalue weighted by molar-refractivity contribution is 6.02. The zero-order chi connectivity index (χ0) is 26.6. The first-order valence-corrected chi connectivity index (χ1v) is 11.9. The lowest BCUT2D eigenvalue weighted by Crippen LogP contribution is -2.50. The molecule has 0 spiro atoms. The summed E-state index contributed by atoms with van der Waals surface area (Å²) < 4.78 is 7.37. The van der Waals surface area contributed by atoms with Gasteiger partial charge in [0, 0.05) is 30.6 Å². The van der Waals surface area contributed by atoms with E-state index in [1.807, 2.05) is 42.5 Å². The molecule has 2 amide bonds. The van der Waals surface area contributed by atoms with E-state index in [-0.39, 0.29) is 12.3 Å². The summed E-state index contributed by atoms with van der Waals surface area (Å²) in [7, 11) is 1.59. The molecule has 1 N–H and O–H groups in total. The van der Waals surface area contributed by atoms with E-state index in [4.69, 9.17) is 4.74 Å². The highest BCUT2D eigenvalue weighted by atomic mass is 16.5. The van der Waals surface area contributed by atoms with Crippen LogP contribution < -0.4 is 20.4 Å². The van der Waals surface area contributed by atoms with Gasteiger partial charge in [-0.25, -0.2) is 9.67 Å². The van der Waals surface area contributed by atoms with Crippen molar-refractivity contribution in [2.75, 3.05) is 18.6 Å². The zero-order valence-electron chi connectivity index (χ0n) is 20.7. The molecular weight excluding hydrogens is 482 g/mol.